The lowest BCUT2D eigenvalue weighted by molar-refractivity contribution is -0.144. The number of amides is 1. The number of carbonyl (C=O) groups is 2. The highest BCUT2D eigenvalue weighted by molar-refractivity contribution is 5.82. The van der Waals surface area contributed by atoms with Crippen LogP contribution >= 0.6 is 0 Å². The van der Waals surface area contributed by atoms with Gasteiger partial charge in [0.1, 0.15) is 18.0 Å². The maximum atomic E-state index is 11.9. The average molecular weight is 293 g/mol. The predicted molar refractivity (Wildman–Crippen MR) is 77.5 cm³/mol. The van der Waals surface area contributed by atoms with Gasteiger partial charge in [-0.05, 0) is 31.2 Å². The maximum Gasteiger partial charge on any atom is 0.323 e. The quantitative estimate of drug-likeness (QED) is 0.699. The summed E-state index contributed by atoms with van der Waals surface area (Å²) < 4.78 is 10.6. The summed E-state index contributed by atoms with van der Waals surface area (Å²) in [4.78, 5) is 23.7. The van der Waals surface area contributed by atoms with Gasteiger partial charge in [-0.2, -0.15) is 0 Å². The van der Waals surface area contributed by atoms with Crippen molar-refractivity contribution in [3.05, 3.63) is 36.9 Å². The van der Waals surface area contributed by atoms with Crippen LogP contribution in [0.3, 0.4) is 0 Å². The Kier molecular flexibility index (Phi) is 6.80. The number of hydrogen-bond donors (Lipinski definition) is 1. The smallest absolute Gasteiger partial charge is 0.323 e. The molecule has 1 aromatic rings. The van der Waals surface area contributed by atoms with Gasteiger partial charge in [0.15, 0.2) is 6.61 Å². The van der Waals surface area contributed by atoms with Crippen LogP contribution in [0.4, 0.5) is 0 Å². The van der Waals surface area contributed by atoms with Crippen molar-refractivity contribution in [1.29, 1.82) is 0 Å². The SMILES string of the molecule is C=CCN(CC(=O)O)C(=O)COc1ccc(OCC)cc1. The predicted octanol–water partition coefficient (Wildman–Crippen LogP) is 1.56. The third kappa shape index (κ3) is 5.99. The van der Waals surface area contributed by atoms with Gasteiger partial charge in [-0.3, -0.25) is 9.59 Å². The van der Waals surface area contributed by atoms with E-state index in [1.54, 1.807) is 24.3 Å². The third-order valence-electron chi connectivity index (χ3n) is 2.53. The van der Waals surface area contributed by atoms with Crippen LogP contribution in [-0.2, 0) is 9.59 Å². The first kappa shape index (κ1) is 16.6. The normalized spacial score (nSPS) is 9.76. The lowest BCUT2D eigenvalue weighted by atomic mass is 10.3. The molecule has 0 bridgehead atoms. The Bertz CT molecular complexity index is 483. The molecule has 114 valence electrons. The van der Waals surface area contributed by atoms with Gasteiger partial charge in [-0.25, -0.2) is 0 Å². The molecule has 0 heterocycles. The summed E-state index contributed by atoms with van der Waals surface area (Å²) in [7, 11) is 0. The van der Waals surface area contributed by atoms with Crippen molar-refractivity contribution >= 4 is 11.9 Å². The Hall–Kier alpha value is -2.50. The summed E-state index contributed by atoms with van der Waals surface area (Å²) in [5.74, 6) is -0.256. The van der Waals surface area contributed by atoms with Crippen molar-refractivity contribution in [3.63, 3.8) is 0 Å². The van der Waals surface area contributed by atoms with Gasteiger partial charge < -0.3 is 19.5 Å². The van der Waals surface area contributed by atoms with Gasteiger partial charge in [0, 0.05) is 6.54 Å². The van der Waals surface area contributed by atoms with E-state index in [0.717, 1.165) is 10.6 Å². The van der Waals surface area contributed by atoms with Crippen LogP contribution in [0, 0.1) is 0 Å². The number of carbonyl (C=O) groups excluding carboxylic acids is 1. The molecule has 0 spiro atoms. The van der Waals surface area contributed by atoms with Crippen LogP contribution in [0.2, 0.25) is 0 Å². The summed E-state index contributed by atoms with van der Waals surface area (Å²) in [5, 5.41) is 8.74. The molecule has 6 nitrogen and oxygen atoms in total. The first-order valence-corrected chi connectivity index (χ1v) is 6.53. The fraction of sp³-hybridized carbons (Fsp3) is 0.333. The van der Waals surface area contributed by atoms with E-state index in [-0.39, 0.29) is 19.7 Å². The van der Waals surface area contributed by atoms with Gasteiger partial charge in [0.25, 0.3) is 5.91 Å². The first-order chi connectivity index (χ1) is 10.1. The van der Waals surface area contributed by atoms with Crippen molar-refractivity contribution in [1.82, 2.24) is 4.90 Å². The van der Waals surface area contributed by atoms with E-state index in [4.69, 9.17) is 14.6 Å². The summed E-state index contributed by atoms with van der Waals surface area (Å²) in [6, 6.07) is 6.85. The number of carboxylic acids is 1. The van der Waals surface area contributed by atoms with Crippen LogP contribution in [-0.4, -0.2) is 48.2 Å². The molecule has 0 aromatic heterocycles. The molecule has 0 radical (unpaired) electrons. The van der Waals surface area contributed by atoms with Crippen LogP contribution < -0.4 is 9.47 Å². The molecule has 1 N–H and O–H groups in total. The third-order valence-corrected chi connectivity index (χ3v) is 2.53. The molecule has 6 heteroatoms. The Morgan fingerprint density at radius 3 is 2.29 bits per heavy atom. The van der Waals surface area contributed by atoms with Crippen LogP contribution in [0.25, 0.3) is 0 Å². The van der Waals surface area contributed by atoms with Gasteiger partial charge >= 0.3 is 5.97 Å². The number of hydrogen-bond acceptors (Lipinski definition) is 4. The molecule has 1 rings (SSSR count). The van der Waals surface area contributed by atoms with Crippen molar-refractivity contribution in [2.75, 3.05) is 26.3 Å². The van der Waals surface area contributed by atoms with E-state index in [9.17, 15) is 9.59 Å². The molecule has 0 aliphatic rings. The van der Waals surface area contributed by atoms with E-state index in [1.807, 2.05) is 6.92 Å². The highest BCUT2D eigenvalue weighted by Crippen LogP contribution is 2.17. The first-order valence-electron chi connectivity index (χ1n) is 6.53. The molecule has 21 heavy (non-hydrogen) atoms. The van der Waals surface area contributed by atoms with Crippen molar-refractivity contribution in [3.8, 4) is 11.5 Å². The Morgan fingerprint density at radius 1 is 1.24 bits per heavy atom. The highest BCUT2D eigenvalue weighted by Gasteiger charge is 2.15. The number of nitrogens with zero attached hydrogens (tertiary/aromatic N) is 1. The van der Waals surface area contributed by atoms with Crippen LogP contribution in [0.15, 0.2) is 36.9 Å². The second-order valence-electron chi connectivity index (χ2n) is 4.15. The molecule has 1 amide bonds. The van der Waals surface area contributed by atoms with Gasteiger partial charge in [0.2, 0.25) is 0 Å². The van der Waals surface area contributed by atoms with Crippen molar-refractivity contribution in [2.24, 2.45) is 0 Å². The Labute approximate surface area is 123 Å². The lowest BCUT2D eigenvalue weighted by Crippen LogP contribution is -2.38. The van der Waals surface area contributed by atoms with E-state index in [2.05, 4.69) is 6.58 Å². The largest absolute Gasteiger partial charge is 0.494 e. The minimum absolute atomic E-state index is 0.164. The molecule has 0 atom stereocenters. The monoisotopic (exact) mass is 293 g/mol. The van der Waals surface area contributed by atoms with Gasteiger partial charge in [0.05, 0.1) is 6.61 Å². The Balaban J connectivity index is 2.53. The molecule has 0 saturated heterocycles. The number of ether oxygens (including phenoxy) is 2. The molecular weight excluding hydrogens is 274 g/mol. The number of benzene rings is 1. The van der Waals surface area contributed by atoms with E-state index >= 15 is 0 Å². The fourth-order valence-electron chi connectivity index (χ4n) is 1.61. The topological polar surface area (TPSA) is 76.1 Å². The molecule has 0 unspecified atom stereocenters. The minimum Gasteiger partial charge on any atom is -0.494 e. The molecule has 0 saturated carbocycles. The zero-order valence-corrected chi connectivity index (χ0v) is 11.9. The maximum absolute atomic E-state index is 11.9. The van der Waals surface area contributed by atoms with Crippen LogP contribution in [0.1, 0.15) is 6.92 Å². The van der Waals surface area contributed by atoms with E-state index in [0.29, 0.717) is 12.4 Å². The average Bonchev–Trinajstić information content (AvgIpc) is 2.45. The molecule has 0 aliphatic heterocycles. The second kappa shape index (κ2) is 8.63. The second-order valence-corrected chi connectivity index (χ2v) is 4.15. The molecular formula is C15H19NO5. The van der Waals surface area contributed by atoms with Crippen molar-refractivity contribution in [2.45, 2.75) is 6.92 Å². The number of carboxylic acid groups (broad SMARTS) is 1. The summed E-state index contributed by atoms with van der Waals surface area (Å²) in [6.07, 6.45) is 1.47. The van der Waals surface area contributed by atoms with E-state index in [1.165, 1.54) is 6.08 Å². The molecule has 1 aromatic carbocycles. The van der Waals surface area contributed by atoms with Gasteiger partial charge in [-0.1, -0.05) is 6.08 Å². The van der Waals surface area contributed by atoms with Crippen LogP contribution in [0.5, 0.6) is 11.5 Å². The van der Waals surface area contributed by atoms with Crippen molar-refractivity contribution < 1.29 is 24.2 Å². The standard InChI is InChI=1S/C15H19NO5/c1-3-9-16(10-15(18)19)14(17)11-21-13-7-5-12(6-8-13)20-4-2/h3,5-8H,1,4,9-11H2,2H3,(H,18,19). The zero-order chi connectivity index (χ0) is 15.7. The highest BCUT2D eigenvalue weighted by atomic mass is 16.5. The summed E-state index contributed by atoms with van der Waals surface area (Å²) in [6.45, 7) is 5.52. The lowest BCUT2D eigenvalue weighted by Gasteiger charge is -2.19. The van der Waals surface area contributed by atoms with Gasteiger partial charge in [-0.15, -0.1) is 6.58 Å². The summed E-state index contributed by atoms with van der Waals surface area (Å²) >= 11 is 0. The fourth-order valence-corrected chi connectivity index (χ4v) is 1.61. The minimum atomic E-state index is -1.08. The Morgan fingerprint density at radius 2 is 1.81 bits per heavy atom. The number of rotatable bonds is 9. The summed E-state index contributed by atoms with van der Waals surface area (Å²) in [5.41, 5.74) is 0. The molecule has 0 aliphatic carbocycles. The van der Waals surface area contributed by atoms with E-state index < -0.39 is 11.9 Å². The zero-order valence-electron chi connectivity index (χ0n) is 11.9. The molecule has 0 fully saturated rings. The number of aliphatic carboxylic acids is 1.